The van der Waals surface area contributed by atoms with Crippen LogP contribution in [0.1, 0.15) is 47.0 Å². The molecule has 0 aromatic heterocycles. The van der Waals surface area contributed by atoms with Gasteiger partial charge in [0.15, 0.2) is 0 Å². The van der Waals surface area contributed by atoms with Crippen molar-refractivity contribution in [2.75, 3.05) is 31.9 Å². The van der Waals surface area contributed by atoms with Crippen LogP contribution in [0.4, 0.5) is 0 Å². The van der Waals surface area contributed by atoms with Gasteiger partial charge in [-0.1, -0.05) is 34.1 Å². The zero-order valence-electron chi connectivity index (χ0n) is 12.4. The third-order valence-corrected chi connectivity index (χ3v) is 5.14. The van der Waals surface area contributed by atoms with Crippen molar-refractivity contribution in [3.05, 3.63) is 0 Å². The van der Waals surface area contributed by atoms with E-state index in [1.165, 1.54) is 0 Å². The summed E-state index contributed by atoms with van der Waals surface area (Å²) in [7, 11) is -3.07. The van der Waals surface area contributed by atoms with E-state index < -0.39 is 10.0 Å². The topological polar surface area (TPSA) is 49.4 Å². The molecular formula is C13H30N2O2S. The van der Waals surface area contributed by atoms with Gasteiger partial charge in [0.25, 0.3) is 0 Å². The molecule has 0 aliphatic rings. The second-order valence-corrected chi connectivity index (χ2v) is 6.97. The molecule has 1 N–H and O–H groups in total. The third-order valence-electron chi connectivity index (χ3n) is 3.14. The van der Waals surface area contributed by atoms with E-state index in [1.807, 2.05) is 6.92 Å². The van der Waals surface area contributed by atoms with Gasteiger partial charge in [-0.05, 0) is 31.8 Å². The summed E-state index contributed by atoms with van der Waals surface area (Å²) in [6, 6.07) is 0. The van der Waals surface area contributed by atoms with Gasteiger partial charge < -0.3 is 5.32 Å². The SMILES string of the molecule is CCCNCCCS(=O)(=O)N(CC)CC(C)CC. The van der Waals surface area contributed by atoms with Gasteiger partial charge in [0, 0.05) is 13.1 Å². The summed E-state index contributed by atoms with van der Waals surface area (Å²) < 4.78 is 25.9. The smallest absolute Gasteiger partial charge is 0.214 e. The molecule has 1 atom stereocenters. The van der Waals surface area contributed by atoms with E-state index >= 15 is 0 Å². The van der Waals surface area contributed by atoms with Crippen LogP contribution in [0.25, 0.3) is 0 Å². The Hall–Kier alpha value is -0.130. The molecule has 0 amide bonds. The van der Waals surface area contributed by atoms with Gasteiger partial charge in [0.1, 0.15) is 0 Å². The molecule has 0 radical (unpaired) electrons. The standard InChI is InChI=1S/C13H30N2O2S/c1-5-9-14-10-8-11-18(16,17)15(7-3)12-13(4)6-2/h13-14H,5-12H2,1-4H3. The van der Waals surface area contributed by atoms with Crippen molar-refractivity contribution in [2.45, 2.75) is 47.0 Å². The lowest BCUT2D eigenvalue weighted by Crippen LogP contribution is -2.36. The Morgan fingerprint density at radius 1 is 1.17 bits per heavy atom. The Kier molecular flexibility index (Phi) is 9.68. The van der Waals surface area contributed by atoms with Crippen LogP contribution in [0.5, 0.6) is 0 Å². The van der Waals surface area contributed by atoms with Crippen LogP contribution in [-0.2, 0) is 10.0 Å². The molecule has 0 aliphatic heterocycles. The first kappa shape index (κ1) is 17.9. The van der Waals surface area contributed by atoms with Gasteiger partial charge in [-0.3, -0.25) is 0 Å². The number of rotatable bonds is 11. The highest BCUT2D eigenvalue weighted by Crippen LogP contribution is 2.09. The molecule has 4 nitrogen and oxygen atoms in total. The number of hydrogen-bond donors (Lipinski definition) is 1. The van der Waals surface area contributed by atoms with Gasteiger partial charge in [0.05, 0.1) is 5.75 Å². The van der Waals surface area contributed by atoms with Gasteiger partial charge in [0.2, 0.25) is 10.0 Å². The van der Waals surface area contributed by atoms with E-state index in [9.17, 15) is 8.42 Å². The lowest BCUT2D eigenvalue weighted by Gasteiger charge is -2.23. The Balaban J connectivity index is 4.14. The van der Waals surface area contributed by atoms with Gasteiger partial charge in [-0.15, -0.1) is 0 Å². The van der Waals surface area contributed by atoms with Crippen LogP contribution in [0.15, 0.2) is 0 Å². The van der Waals surface area contributed by atoms with Crippen molar-refractivity contribution >= 4 is 10.0 Å². The Morgan fingerprint density at radius 2 is 1.83 bits per heavy atom. The van der Waals surface area contributed by atoms with Crippen molar-refractivity contribution < 1.29 is 8.42 Å². The van der Waals surface area contributed by atoms with E-state index in [2.05, 4.69) is 26.1 Å². The first-order valence-electron chi connectivity index (χ1n) is 7.16. The molecule has 0 fully saturated rings. The maximum absolute atomic E-state index is 12.1. The van der Waals surface area contributed by atoms with Crippen molar-refractivity contribution in [1.29, 1.82) is 0 Å². The summed E-state index contributed by atoms with van der Waals surface area (Å²) in [6.07, 6.45) is 2.80. The van der Waals surface area contributed by atoms with Crippen LogP contribution in [-0.4, -0.2) is 44.7 Å². The number of hydrogen-bond acceptors (Lipinski definition) is 3. The Bertz CT molecular complexity index is 291. The molecule has 5 heteroatoms. The number of nitrogens with one attached hydrogen (secondary N) is 1. The van der Waals surface area contributed by atoms with Crippen LogP contribution >= 0.6 is 0 Å². The highest BCUT2D eigenvalue weighted by molar-refractivity contribution is 7.89. The van der Waals surface area contributed by atoms with Crippen molar-refractivity contribution in [3.63, 3.8) is 0 Å². The summed E-state index contributed by atoms with van der Waals surface area (Å²) >= 11 is 0. The fourth-order valence-corrected chi connectivity index (χ4v) is 3.37. The minimum atomic E-state index is -3.07. The first-order chi connectivity index (χ1) is 8.47. The third kappa shape index (κ3) is 7.34. The molecule has 0 bridgehead atoms. The van der Waals surface area contributed by atoms with E-state index in [0.29, 0.717) is 25.4 Å². The predicted octanol–water partition coefficient (Wildman–Crippen LogP) is 2.07. The van der Waals surface area contributed by atoms with Gasteiger partial charge in [-0.25, -0.2) is 12.7 Å². The molecule has 110 valence electrons. The first-order valence-corrected chi connectivity index (χ1v) is 8.77. The summed E-state index contributed by atoms with van der Waals surface area (Å²) in [5.41, 5.74) is 0. The molecule has 0 aromatic rings. The molecular weight excluding hydrogens is 248 g/mol. The van der Waals surface area contributed by atoms with Crippen molar-refractivity contribution in [1.82, 2.24) is 9.62 Å². The quantitative estimate of drug-likeness (QED) is 0.589. The molecule has 0 saturated carbocycles. The maximum atomic E-state index is 12.1. The minimum absolute atomic E-state index is 0.258. The van der Waals surface area contributed by atoms with E-state index in [4.69, 9.17) is 0 Å². The van der Waals surface area contributed by atoms with Crippen molar-refractivity contribution in [3.8, 4) is 0 Å². The average molecular weight is 278 g/mol. The summed E-state index contributed by atoms with van der Waals surface area (Å²) in [6.45, 7) is 11.2. The predicted molar refractivity (Wildman–Crippen MR) is 78.3 cm³/mol. The zero-order valence-corrected chi connectivity index (χ0v) is 13.2. The average Bonchev–Trinajstić information content (AvgIpc) is 2.34. The Labute approximate surface area is 113 Å². The monoisotopic (exact) mass is 278 g/mol. The lowest BCUT2D eigenvalue weighted by molar-refractivity contribution is 0.361. The molecule has 0 aliphatic carbocycles. The fourth-order valence-electron chi connectivity index (χ4n) is 1.73. The molecule has 0 rings (SSSR count). The van der Waals surface area contributed by atoms with Crippen LogP contribution < -0.4 is 5.32 Å². The number of sulfonamides is 1. The molecule has 1 unspecified atom stereocenters. The highest BCUT2D eigenvalue weighted by Gasteiger charge is 2.21. The molecule has 0 heterocycles. The summed E-state index contributed by atoms with van der Waals surface area (Å²) in [4.78, 5) is 0. The van der Waals surface area contributed by atoms with Crippen LogP contribution in [0, 0.1) is 5.92 Å². The van der Waals surface area contributed by atoms with Crippen LogP contribution in [0.3, 0.4) is 0 Å². The van der Waals surface area contributed by atoms with Crippen LogP contribution in [0.2, 0.25) is 0 Å². The second-order valence-electron chi connectivity index (χ2n) is 4.88. The number of nitrogens with zero attached hydrogens (tertiary/aromatic N) is 1. The molecule has 0 saturated heterocycles. The second kappa shape index (κ2) is 9.75. The molecule has 0 aromatic carbocycles. The fraction of sp³-hybridized carbons (Fsp3) is 1.00. The maximum Gasteiger partial charge on any atom is 0.214 e. The van der Waals surface area contributed by atoms with Gasteiger partial charge in [-0.2, -0.15) is 0 Å². The van der Waals surface area contributed by atoms with Crippen molar-refractivity contribution in [2.24, 2.45) is 5.92 Å². The Morgan fingerprint density at radius 3 is 2.33 bits per heavy atom. The zero-order chi connectivity index (χ0) is 14.0. The van der Waals surface area contributed by atoms with E-state index in [1.54, 1.807) is 4.31 Å². The highest BCUT2D eigenvalue weighted by atomic mass is 32.2. The largest absolute Gasteiger partial charge is 0.317 e. The van der Waals surface area contributed by atoms with Gasteiger partial charge >= 0.3 is 0 Å². The molecule has 0 spiro atoms. The van der Waals surface area contributed by atoms with E-state index in [0.717, 1.165) is 25.9 Å². The lowest BCUT2D eigenvalue weighted by atomic mass is 10.1. The normalized spacial score (nSPS) is 14.1. The summed E-state index contributed by atoms with van der Waals surface area (Å²) in [5, 5.41) is 3.23. The van der Waals surface area contributed by atoms with E-state index in [-0.39, 0.29) is 5.75 Å². The summed E-state index contributed by atoms with van der Waals surface area (Å²) in [5.74, 6) is 0.687. The molecule has 18 heavy (non-hydrogen) atoms. The minimum Gasteiger partial charge on any atom is -0.317 e.